The second kappa shape index (κ2) is 10.9. The van der Waals surface area contributed by atoms with Gasteiger partial charge in [-0.05, 0) is 45.6 Å². The van der Waals surface area contributed by atoms with Crippen LogP contribution in [0.1, 0.15) is 65.4 Å². The molecule has 7 heteroatoms. The van der Waals surface area contributed by atoms with Gasteiger partial charge in [-0.3, -0.25) is 9.59 Å². The highest BCUT2D eigenvalue weighted by molar-refractivity contribution is 6.12. The van der Waals surface area contributed by atoms with E-state index < -0.39 is 23.8 Å². The Hall–Kier alpha value is -3.09. The van der Waals surface area contributed by atoms with Gasteiger partial charge in [0.1, 0.15) is 11.7 Å². The van der Waals surface area contributed by atoms with Crippen molar-refractivity contribution < 1.29 is 28.6 Å². The Morgan fingerprint density at radius 3 is 2.56 bits per heavy atom. The van der Waals surface area contributed by atoms with Crippen LogP contribution in [0.15, 0.2) is 46.8 Å². The van der Waals surface area contributed by atoms with Crippen molar-refractivity contribution in [3.8, 4) is 5.75 Å². The van der Waals surface area contributed by atoms with E-state index in [1.165, 1.54) is 7.11 Å². The molecule has 1 aromatic carbocycles. The third-order valence-corrected chi connectivity index (χ3v) is 6.29. The van der Waals surface area contributed by atoms with E-state index in [2.05, 4.69) is 12.2 Å². The number of benzene rings is 1. The first-order valence-electron chi connectivity index (χ1n) is 12.0. The van der Waals surface area contributed by atoms with E-state index in [1.807, 2.05) is 38.1 Å². The summed E-state index contributed by atoms with van der Waals surface area (Å²) < 4.78 is 16.6. The van der Waals surface area contributed by atoms with Crippen LogP contribution in [0.5, 0.6) is 5.75 Å². The number of ether oxygens (including phenoxy) is 3. The predicted octanol–water partition coefficient (Wildman–Crippen LogP) is 4.43. The molecule has 0 spiro atoms. The molecule has 34 heavy (non-hydrogen) atoms. The first-order valence-corrected chi connectivity index (χ1v) is 12.0. The van der Waals surface area contributed by atoms with Crippen LogP contribution in [0.25, 0.3) is 0 Å². The van der Waals surface area contributed by atoms with Gasteiger partial charge in [-0.25, -0.2) is 4.79 Å². The van der Waals surface area contributed by atoms with E-state index in [4.69, 9.17) is 14.2 Å². The lowest BCUT2D eigenvalue weighted by molar-refractivity contribution is -0.151. The molecule has 0 bridgehead atoms. The number of nitrogens with one attached hydrogen (secondary N) is 1. The number of unbranched alkanes of at least 4 members (excludes halogenated alkanes) is 1. The van der Waals surface area contributed by atoms with Gasteiger partial charge in [0.05, 0.1) is 31.3 Å². The molecule has 1 aromatic rings. The molecule has 0 unspecified atom stereocenters. The number of esters is 2. The van der Waals surface area contributed by atoms with E-state index in [-0.39, 0.29) is 17.8 Å². The Bertz CT molecular complexity index is 1020. The van der Waals surface area contributed by atoms with Crippen LogP contribution in [-0.4, -0.2) is 37.5 Å². The van der Waals surface area contributed by atoms with Gasteiger partial charge in [0.25, 0.3) is 0 Å². The highest BCUT2D eigenvalue weighted by atomic mass is 16.5. The maximum atomic E-state index is 13.8. The minimum Gasteiger partial charge on any atom is -0.493 e. The number of carbonyl (C=O) groups is 3. The van der Waals surface area contributed by atoms with Crippen molar-refractivity contribution in [3.63, 3.8) is 0 Å². The third-order valence-electron chi connectivity index (χ3n) is 6.29. The molecular weight excluding hydrogens is 434 g/mol. The maximum absolute atomic E-state index is 13.8. The van der Waals surface area contributed by atoms with E-state index in [0.29, 0.717) is 41.2 Å². The number of ketones is 1. The lowest BCUT2D eigenvalue weighted by Crippen LogP contribution is -2.43. The Morgan fingerprint density at radius 2 is 1.91 bits per heavy atom. The molecule has 0 saturated carbocycles. The fourth-order valence-electron chi connectivity index (χ4n) is 4.72. The van der Waals surface area contributed by atoms with Crippen molar-refractivity contribution in [2.24, 2.45) is 11.8 Å². The second-order valence-electron chi connectivity index (χ2n) is 9.23. The molecule has 0 saturated heterocycles. The average molecular weight is 470 g/mol. The van der Waals surface area contributed by atoms with Crippen LogP contribution >= 0.6 is 0 Å². The lowest BCUT2D eigenvalue weighted by Gasteiger charge is -2.38. The van der Waals surface area contributed by atoms with Gasteiger partial charge >= 0.3 is 11.9 Å². The number of hydrogen-bond donors (Lipinski definition) is 1. The van der Waals surface area contributed by atoms with Gasteiger partial charge in [0.2, 0.25) is 0 Å². The fraction of sp³-hybridized carbons (Fsp3) is 0.519. The Labute approximate surface area is 201 Å². The van der Waals surface area contributed by atoms with Crippen LogP contribution in [0, 0.1) is 11.8 Å². The van der Waals surface area contributed by atoms with Crippen molar-refractivity contribution in [1.82, 2.24) is 5.32 Å². The maximum Gasteiger partial charge on any atom is 0.337 e. The summed E-state index contributed by atoms with van der Waals surface area (Å²) in [4.78, 5) is 39.7. The van der Waals surface area contributed by atoms with Crippen molar-refractivity contribution in [3.05, 3.63) is 52.4 Å². The van der Waals surface area contributed by atoms with Crippen LogP contribution in [0.4, 0.5) is 0 Å². The normalized spacial score (nSPS) is 22.3. The van der Waals surface area contributed by atoms with E-state index in [1.54, 1.807) is 13.8 Å². The largest absolute Gasteiger partial charge is 0.493 e. The summed E-state index contributed by atoms with van der Waals surface area (Å²) in [7, 11) is 1.29. The van der Waals surface area contributed by atoms with Crippen molar-refractivity contribution in [1.29, 1.82) is 0 Å². The predicted molar refractivity (Wildman–Crippen MR) is 128 cm³/mol. The SMILES string of the molecule is CCCCOc1ccccc1[C@@H]1C(C(=O)OC(C)C)=C(C)NC2=C1C(=O)[C@H](C(=O)OC)[C@H](C)C2. The molecule has 1 N–H and O–H groups in total. The zero-order valence-corrected chi connectivity index (χ0v) is 20.9. The molecule has 0 aromatic heterocycles. The minimum atomic E-state index is -0.929. The summed E-state index contributed by atoms with van der Waals surface area (Å²) in [5.41, 5.74) is 2.82. The zero-order valence-electron chi connectivity index (χ0n) is 20.9. The van der Waals surface area contributed by atoms with Crippen molar-refractivity contribution in [2.75, 3.05) is 13.7 Å². The summed E-state index contributed by atoms with van der Waals surface area (Å²) in [5.74, 6) is -2.66. The lowest BCUT2D eigenvalue weighted by atomic mass is 9.69. The zero-order chi connectivity index (χ0) is 25.0. The first-order chi connectivity index (χ1) is 16.2. The number of hydrogen-bond acceptors (Lipinski definition) is 7. The number of allylic oxidation sites excluding steroid dienone is 3. The van der Waals surface area contributed by atoms with Gasteiger partial charge < -0.3 is 19.5 Å². The molecule has 3 rings (SSSR count). The second-order valence-corrected chi connectivity index (χ2v) is 9.23. The summed E-state index contributed by atoms with van der Waals surface area (Å²) in [5, 5.41) is 3.28. The number of carbonyl (C=O) groups excluding carboxylic acids is 3. The van der Waals surface area contributed by atoms with Crippen molar-refractivity contribution >= 4 is 17.7 Å². The minimum absolute atomic E-state index is 0.236. The monoisotopic (exact) mass is 469 g/mol. The number of Topliss-reactive ketones (excluding diaryl/α,β-unsaturated/α-hetero) is 1. The van der Waals surface area contributed by atoms with Crippen LogP contribution in [0.3, 0.4) is 0 Å². The standard InChI is InChI=1S/C27H35NO6/c1-7-8-13-33-20-12-10-9-11-18(20)23-22(27(31)34-15(2)3)17(5)28-19-14-16(4)21(26(30)32-6)25(29)24(19)23/h9-12,15-16,21,23,28H,7-8,13-14H2,1-6H3/t16-,21-,23-/m1/s1. The molecule has 3 atom stereocenters. The molecule has 2 aliphatic rings. The molecule has 1 aliphatic carbocycles. The quantitative estimate of drug-likeness (QED) is 0.342. The third kappa shape index (κ3) is 5.03. The van der Waals surface area contributed by atoms with E-state index in [0.717, 1.165) is 18.5 Å². The molecule has 7 nitrogen and oxygen atoms in total. The average Bonchev–Trinajstić information content (AvgIpc) is 2.77. The van der Waals surface area contributed by atoms with Gasteiger partial charge in [0.15, 0.2) is 5.78 Å². The van der Waals surface area contributed by atoms with Gasteiger partial charge in [-0.2, -0.15) is 0 Å². The molecule has 0 amide bonds. The smallest absolute Gasteiger partial charge is 0.337 e. The number of para-hydroxylation sites is 1. The van der Waals surface area contributed by atoms with Gasteiger partial charge in [0, 0.05) is 22.5 Å². The van der Waals surface area contributed by atoms with Crippen LogP contribution < -0.4 is 10.1 Å². The fourth-order valence-corrected chi connectivity index (χ4v) is 4.72. The first kappa shape index (κ1) is 25.5. The Morgan fingerprint density at radius 1 is 1.21 bits per heavy atom. The highest BCUT2D eigenvalue weighted by Gasteiger charge is 2.47. The van der Waals surface area contributed by atoms with Gasteiger partial charge in [-0.1, -0.05) is 38.5 Å². The van der Waals surface area contributed by atoms with Crippen LogP contribution in [0.2, 0.25) is 0 Å². The summed E-state index contributed by atoms with van der Waals surface area (Å²) >= 11 is 0. The molecule has 0 fully saturated rings. The number of dihydropyridines is 1. The summed E-state index contributed by atoms with van der Waals surface area (Å²) in [6, 6.07) is 7.45. The summed E-state index contributed by atoms with van der Waals surface area (Å²) in [6.07, 6.45) is 2.02. The molecule has 0 radical (unpaired) electrons. The van der Waals surface area contributed by atoms with Crippen LogP contribution in [-0.2, 0) is 23.9 Å². The molecule has 1 heterocycles. The van der Waals surface area contributed by atoms with Crippen molar-refractivity contribution in [2.45, 2.75) is 65.9 Å². The molecular formula is C27H35NO6. The van der Waals surface area contributed by atoms with Gasteiger partial charge in [-0.15, -0.1) is 0 Å². The highest BCUT2D eigenvalue weighted by Crippen LogP contribution is 2.47. The Kier molecular flexibility index (Phi) is 8.18. The Balaban J connectivity index is 2.19. The topological polar surface area (TPSA) is 90.9 Å². The molecule has 184 valence electrons. The van der Waals surface area contributed by atoms with E-state index >= 15 is 0 Å². The number of rotatable bonds is 8. The summed E-state index contributed by atoms with van der Waals surface area (Å²) in [6.45, 7) is 9.85. The molecule has 1 aliphatic heterocycles. The van der Waals surface area contributed by atoms with E-state index in [9.17, 15) is 14.4 Å². The number of methoxy groups -OCH3 is 1.